The van der Waals surface area contributed by atoms with Gasteiger partial charge in [0.25, 0.3) is 5.56 Å². The Morgan fingerprint density at radius 1 is 1.06 bits per heavy atom. The van der Waals surface area contributed by atoms with Gasteiger partial charge in [0.15, 0.2) is 12.3 Å². The van der Waals surface area contributed by atoms with E-state index in [1.54, 1.807) is 36.0 Å². The maximum absolute atomic E-state index is 13.6. The molecule has 34 heavy (non-hydrogen) atoms. The van der Waals surface area contributed by atoms with Gasteiger partial charge in [0, 0.05) is 30.3 Å². The Kier molecular flexibility index (Phi) is 4.92. The highest BCUT2D eigenvalue weighted by Gasteiger charge is 2.29. The zero-order chi connectivity index (χ0) is 24.0. The fourth-order valence-corrected chi connectivity index (χ4v) is 3.54. The fourth-order valence-electron chi connectivity index (χ4n) is 3.54. The molecule has 0 aliphatic carbocycles. The average Bonchev–Trinajstić information content (AvgIpc) is 3.17. The van der Waals surface area contributed by atoms with Crippen LogP contribution in [0.2, 0.25) is 0 Å². The predicted octanol–water partition coefficient (Wildman–Crippen LogP) is 3.25. The molecule has 0 aliphatic rings. The summed E-state index contributed by atoms with van der Waals surface area (Å²) in [5, 5.41) is 5.14. The summed E-state index contributed by atoms with van der Waals surface area (Å²) in [5.74, 6) is -0.0627. The van der Waals surface area contributed by atoms with Crippen molar-refractivity contribution in [1.29, 1.82) is 0 Å². The number of benzene rings is 1. The zero-order valence-corrected chi connectivity index (χ0v) is 17.6. The summed E-state index contributed by atoms with van der Waals surface area (Å²) >= 11 is 0. The largest absolute Gasteiger partial charge is 0.468 e. The third-order valence-electron chi connectivity index (χ3n) is 4.98. The first-order chi connectivity index (χ1) is 16.2. The number of halogens is 3. The number of hydrogen-bond acceptors (Lipinski definition) is 7. The lowest BCUT2D eigenvalue weighted by molar-refractivity contribution is -0.154. The van der Waals surface area contributed by atoms with E-state index in [4.69, 9.17) is 10.5 Å². The average molecular weight is 467 g/mol. The molecule has 0 unspecified atom stereocenters. The minimum Gasteiger partial charge on any atom is -0.468 e. The third kappa shape index (κ3) is 4.00. The van der Waals surface area contributed by atoms with Gasteiger partial charge >= 0.3 is 6.18 Å². The Morgan fingerprint density at radius 3 is 2.59 bits per heavy atom. The molecule has 5 rings (SSSR count). The number of fused-ring (bicyclic) bond motifs is 2. The van der Waals surface area contributed by atoms with Gasteiger partial charge in [-0.25, -0.2) is 9.97 Å². The number of rotatable bonds is 4. The minimum atomic E-state index is -4.54. The molecule has 0 spiro atoms. The van der Waals surface area contributed by atoms with Crippen molar-refractivity contribution < 1.29 is 17.9 Å². The van der Waals surface area contributed by atoms with Gasteiger partial charge in [0.1, 0.15) is 17.0 Å². The second-order valence-electron chi connectivity index (χ2n) is 7.51. The lowest BCUT2D eigenvalue weighted by Crippen LogP contribution is -2.24. The molecule has 4 aromatic heterocycles. The molecule has 0 aliphatic heterocycles. The van der Waals surface area contributed by atoms with Crippen LogP contribution in [0.25, 0.3) is 39.0 Å². The molecule has 0 bridgehead atoms. The number of aryl methyl sites for hydroxylation is 1. The summed E-state index contributed by atoms with van der Waals surface area (Å²) in [5.41, 5.74) is 7.16. The van der Waals surface area contributed by atoms with Gasteiger partial charge in [0.2, 0.25) is 5.88 Å². The summed E-state index contributed by atoms with van der Waals surface area (Å²) in [6.45, 7) is -1.52. The van der Waals surface area contributed by atoms with Gasteiger partial charge in [-0.15, -0.1) is 0 Å². The molecular weight excluding hydrogens is 451 g/mol. The Balaban J connectivity index is 1.73. The van der Waals surface area contributed by atoms with Crippen molar-refractivity contribution in [3.8, 4) is 22.8 Å². The number of anilines is 1. The Morgan fingerprint density at radius 2 is 1.85 bits per heavy atom. The van der Waals surface area contributed by atoms with E-state index in [9.17, 15) is 18.0 Å². The first-order valence-electron chi connectivity index (χ1n) is 9.97. The molecule has 0 radical (unpaired) electrons. The smallest absolute Gasteiger partial charge is 0.422 e. The van der Waals surface area contributed by atoms with Crippen molar-refractivity contribution in [2.75, 3.05) is 12.3 Å². The monoisotopic (exact) mass is 467 g/mol. The van der Waals surface area contributed by atoms with Crippen molar-refractivity contribution in [2.45, 2.75) is 6.18 Å². The first kappa shape index (κ1) is 21.4. The minimum absolute atomic E-state index is 0.0162. The molecule has 0 saturated carbocycles. The number of nitrogens with zero attached hydrogens (tertiary/aromatic N) is 6. The normalized spacial score (nSPS) is 11.9. The van der Waals surface area contributed by atoms with E-state index >= 15 is 0 Å². The van der Waals surface area contributed by atoms with E-state index in [0.717, 1.165) is 10.9 Å². The molecule has 5 aromatic rings. The van der Waals surface area contributed by atoms with E-state index in [0.29, 0.717) is 11.3 Å². The van der Waals surface area contributed by atoms with Crippen molar-refractivity contribution in [3.63, 3.8) is 0 Å². The predicted molar refractivity (Wildman–Crippen MR) is 119 cm³/mol. The van der Waals surface area contributed by atoms with Crippen molar-refractivity contribution in [2.24, 2.45) is 7.05 Å². The van der Waals surface area contributed by atoms with Crippen LogP contribution in [0.3, 0.4) is 0 Å². The van der Waals surface area contributed by atoms with E-state index in [1.807, 2.05) is 6.20 Å². The number of ether oxygens (including phenoxy) is 1. The summed E-state index contributed by atoms with van der Waals surface area (Å²) in [6, 6.07) is 11.1. The van der Waals surface area contributed by atoms with Crippen molar-refractivity contribution >= 4 is 27.9 Å². The molecule has 0 amide bonds. The van der Waals surface area contributed by atoms with Crippen LogP contribution in [0.4, 0.5) is 19.0 Å². The van der Waals surface area contributed by atoms with Crippen LogP contribution < -0.4 is 16.0 Å². The van der Waals surface area contributed by atoms with Gasteiger partial charge in [-0.3, -0.25) is 14.0 Å². The van der Waals surface area contributed by atoms with Crippen LogP contribution in [-0.2, 0) is 7.05 Å². The molecule has 0 atom stereocenters. The van der Waals surface area contributed by atoms with Crippen LogP contribution in [0.1, 0.15) is 0 Å². The van der Waals surface area contributed by atoms with E-state index < -0.39 is 18.3 Å². The molecule has 0 fully saturated rings. The number of aromatic nitrogens is 6. The van der Waals surface area contributed by atoms with Crippen LogP contribution in [0.5, 0.6) is 5.88 Å². The number of pyridine rings is 2. The van der Waals surface area contributed by atoms with Crippen molar-refractivity contribution in [1.82, 2.24) is 29.3 Å². The first-order valence-corrected chi connectivity index (χ1v) is 9.97. The molecule has 1 aromatic carbocycles. The van der Waals surface area contributed by atoms with Crippen LogP contribution in [0, 0.1) is 0 Å². The van der Waals surface area contributed by atoms with Gasteiger partial charge in [-0.2, -0.15) is 23.3 Å². The second-order valence-corrected chi connectivity index (χ2v) is 7.51. The number of hydrogen-bond donors (Lipinski definition) is 1. The van der Waals surface area contributed by atoms with Crippen molar-refractivity contribution in [3.05, 3.63) is 65.2 Å². The third-order valence-corrected chi connectivity index (χ3v) is 4.98. The summed E-state index contributed by atoms with van der Waals surface area (Å²) in [4.78, 5) is 26.2. The summed E-state index contributed by atoms with van der Waals surface area (Å²) in [7, 11) is 1.79. The molecule has 4 heterocycles. The Bertz CT molecular complexity index is 1590. The van der Waals surface area contributed by atoms with Gasteiger partial charge in [-0.05, 0) is 30.3 Å². The second kappa shape index (κ2) is 7.83. The molecule has 9 nitrogen and oxygen atoms in total. The maximum atomic E-state index is 13.6. The number of nitrogens with two attached hydrogens (primary N) is 1. The van der Waals surface area contributed by atoms with Gasteiger partial charge < -0.3 is 10.5 Å². The lowest BCUT2D eigenvalue weighted by atomic mass is 10.1. The summed E-state index contributed by atoms with van der Waals surface area (Å²) < 4.78 is 45.5. The highest BCUT2D eigenvalue weighted by atomic mass is 19.4. The highest BCUT2D eigenvalue weighted by Crippen LogP contribution is 2.25. The quantitative estimate of drug-likeness (QED) is 0.432. The van der Waals surface area contributed by atoms with E-state index in [2.05, 4.69) is 20.1 Å². The molecular formula is C22H16F3N7O2. The molecule has 172 valence electrons. The fraction of sp³-hybridized carbons (Fsp3) is 0.136. The standard InChI is InChI=1S/C22H16F3N7O2/c1-31-10-13-8-12(2-4-15(13)30-31)19-21(33)32(14-3-6-17(26)27-9-14)20-16(28-19)5-7-18(29-20)34-11-22(23,24)25/h2-10H,11H2,1H3,(H2,26,27). The van der Waals surface area contributed by atoms with Crippen LogP contribution in [-0.4, -0.2) is 42.1 Å². The number of nitrogen functional groups attached to an aromatic ring is 1. The number of alkyl halides is 3. The highest BCUT2D eigenvalue weighted by molar-refractivity contribution is 5.85. The van der Waals surface area contributed by atoms with Gasteiger partial charge in [-0.1, -0.05) is 6.07 Å². The molecule has 2 N–H and O–H groups in total. The van der Waals surface area contributed by atoms with Gasteiger partial charge in [0.05, 0.1) is 17.4 Å². The van der Waals surface area contributed by atoms with Crippen LogP contribution in [0.15, 0.2) is 59.7 Å². The topological polar surface area (TPSA) is 114 Å². The zero-order valence-electron chi connectivity index (χ0n) is 17.6. The maximum Gasteiger partial charge on any atom is 0.422 e. The van der Waals surface area contributed by atoms with Crippen LogP contribution >= 0.6 is 0 Å². The Labute approximate surface area is 189 Å². The SMILES string of the molecule is Cn1cc2cc(-c3nc4ccc(OCC(F)(F)F)nc4n(-c4ccc(N)nc4)c3=O)ccc2n1. The lowest BCUT2D eigenvalue weighted by Gasteiger charge is -2.13. The summed E-state index contributed by atoms with van der Waals surface area (Å²) in [6.07, 6.45) is -1.35. The molecule has 0 saturated heterocycles. The molecule has 12 heteroatoms. The van der Waals surface area contributed by atoms with E-state index in [1.165, 1.54) is 29.0 Å². The van der Waals surface area contributed by atoms with E-state index in [-0.39, 0.29) is 28.6 Å². The Hall–Kier alpha value is -4.48.